The van der Waals surface area contributed by atoms with Crippen LogP contribution in [0.25, 0.3) is 21.5 Å². The first kappa shape index (κ1) is 25.5. The molecule has 2 atom stereocenters. The van der Waals surface area contributed by atoms with Crippen molar-refractivity contribution in [3.63, 3.8) is 0 Å². The lowest BCUT2D eigenvalue weighted by Gasteiger charge is -2.35. The van der Waals surface area contributed by atoms with E-state index >= 15 is 0 Å². The summed E-state index contributed by atoms with van der Waals surface area (Å²) in [5.74, 6) is -2.24. The van der Waals surface area contributed by atoms with Crippen LogP contribution in [0.1, 0.15) is 24.3 Å². The van der Waals surface area contributed by atoms with E-state index in [0.29, 0.717) is 11.4 Å². The van der Waals surface area contributed by atoms with Crippen LogP contribution < -0.4 is 9.80 Å². The van der Waals surface area contributed by atoms with Crippen molar-refractivity contribution >= 4 is 50.7 Å². The normalized spacial score (nSPS) is 12.6. The van der Waals surface area contributed by atoms with Gasteiger partial charge in [0.25, 0.3) is 11.8 Å². The Morgan fingerprint density at radius 2 is 1.23 bits per heavy atom. The molecular formula is C31H26N4O4. The minimum atomic E-state index is -1.20. The SMILES string of the molecule is C[C@@H](C(=O)N(c1cccc2ccccc12)[C@@H](C)C(=O)O)N(C(=O)c1cnccn1)c1cccc2ccccc12. The average Bonchev–Trinajstić information content (AvgIpc) is 2.97. The van der Waals surface area contributed by atoms with E-state index in [-0.39, 0.29) is 5.69 Å². The zero-order valence-electron chi connectivity index (χ0n) is 21.4. The lowest BCUT2D eigenvalue weighted by molar-refractivity contribution is -0.139. The molecule has 2 amide bonds. The third kappa shape index (κ3) is 4.80. The highest BCUT2D eigenvalue weighted by Gasteiger charge is 2.37. The van der Waals surface area contributed by atoms with Crippen LogP contribution in [0.3, 0.4) is 0 Å². The first-order chi connectivity index (χ1) is 18.9. The summed E-state index contributed by atoms with van der Waals surface area (Å²) in [5, 5.41) is 13.2. The van der Waals surface area contributed by atoms with Gasteiger partial charge in [0.15, 0.2) is 0 Å². The van der Waals surface area contributed by atoms with Gasteiger partial charge in [0.2, 0.25) is 0 Å². The van der Waals surface area contributed by atoms with Gasteiger partial charge in [-0.3, -0.25) is 24.4 Å². The van der Waals surface area contributed by atoms with E-state index in [1.54, 1.807) is 25.1 Å². The molecule has 0 spiro atoms. The van der Waals surface area contributed by atoms with Gasteiger partial charge in [-0.1, -0.05) is 72.8 Å². The van der Waals surface area contributed by atoms with Crippen molar-refractivity contribution in [3.8, 4) is 0 Å². The van der Waals surface area contributed by atoms with Crippen LogP contribution in [-0.2, 0) is 9.59 Å². The number of anilines is 2. The molecular weight excluding hydrogens is 492 g/mol. The highest BCUT2D eigenvalue weighted by Crippen LogP contribution is 2.33. The van der Waals surface area contributed by atoms with Crippen LogP contribution >= 0.6 is 0 Å². The first-order valence-electron chi connectivity index (χ1n) is 12.5. The molecule has 4 aromatic carbocycles. The van der Waals surface area contributed by atoms with E-state index in [0.717, 1.165) is 21.5 Å². The summed E-state index contributed by atoms with van der Waals surface area (Å²) < 4.78 is 0. The Morgan fingerprint density at radius 1 is 0.692 bits per heavy atom. The number of hydrogen-bond acceptors (Lipinski definition) is 5. The molecule has 0 bridgehead atoms. The minimum Gasteiger partial charge on any atom is -0.480 e. The van der Waals surface area contributed by atoms with Gasteiger partial charge in [-0.2, -0.15) is 0 Å². The Kier molecular flexibility index (Phi) is 7.01. The van der Waals surface area contributed by atoms with Gasteiger partial charge >= 0.3 is 5.97 Å². The number of aromatic nitrogens is 2. The maximum Gasteiger partial charge on any atom is 0.326 e. The molecule has 0 aliphatic rings. The zero-order valence-corrected chi connectivity index (χ0v) is 21.4. The Morgan fingerprint density at radius 3 is 1.77 bits per heavy atom. The number of amides is 2. The molecule has 1 aromatic heterocycles. The lowest BCUT2D eigenvalue weighted by Crippen LogP contribution is -2.54. The monoisotopic (exact) mass is 518 g/mol. The first-order valence-corrected chi connectivity index (χ1v) is 12.5. The maximum atomic E-state index is 14.4. The van der Waals surface area contributed by atoms with Crippen molar-refractivity contribution in [1.82, 2.24) is 9.97 Å². The van der Waals surface area contributed by atoms with E-state index in [4.69, 9.17) is 0 Å². The van der Waals surface area contributed by atoms with Gasteiger partial charge < -0.3 is 5.11 Å². The number of carboxylic acids is 1. The lowest BCUT2D eigenvalue weighted by atomic mass is 10.0. The summed E-state index contributed by atoms with van der Waals surface area (Å²) >= 11 is 0. The van der Waals surface area contributed by atoms with Gasteiger partial charge in [0.1, 0.15) is 17.8 Å². The van der Waals surface area contributed by atoms with Gasteiger partial charge in [0, 0.05) is 23.2 Å². The molecule has 1 heterocycles. The van der Waals surface area contributed by atoms with Gasteiger partial charge in [-0.05, 0) is 36.8 Å². The van der Waals surface area contributed by atoms with Gasteiger partial charge in [-0.25, -0.2) is 9.78 Å². The highest BCUT2D eigenvalue weighted by molar-refractivity contribution is 6.16. The molecule has 39 heavy (non-hydrogen) atoms. The number of aliphatic carboxylic acids is 1. The molecule has 194 valence electrons. The number of benzene rings is 4. The smallest absolute Gasteiger partial charge is 0.326 e. The van der Waals surface area contributed by atoms with Crippen molar-refractivity contribution in [2.24, 2.45) is 0 Å². The molecule has 8 heteroatoms. The molecule has 0 radical (unpaired) electrons. The fourth-order valence-electron chi connectivity index (χ4n) is 4.80. The Labute approximate surface area is 225 Å². The Bertz CT molecular complexity index is 1680. The van der Waals surface area contributed by atoms with E-state index < -0.39 is 29.9 Å². The van der Waals surface area contributed by atoms with Gasteiger partial charge in [0.05, 0.1) is 17.6 Å². The predicted molar refractivity (Wildman–Crippen MR) is 151 cm³/mol. The average molecular weight is 519 g/mol. The zero-order chi connectivity index (χ0) is 27.5. The molecule has 0 aliphatic carbocycles. The van der Waals surface area contributed by atoms with Crippen LogP contribution in [0.2, 0.25) is 0 Å². The number of fused-ring (bicyclic) bond motifs is 2. The second kappa shape index (κ2) is 10.7. The molecule has 0 saturated heterocycles. The molecule has 5 rings (SSSR count). The summed E-state index contributed by atoms with van der Waals surface area (Å²) in [6.45, 7) is 3.06. The van der Waals surface area contributed by atoms with E-state index in [9.17, 15) is 19.5 Å². The fraction of sp³-hybridized carbons (Fsp3) is 0.129. The van der Waals surface area contributed by atoms with Crippen LogP contribution in [0, 0.1) is 0 Å². The Balaban J connectivity index is 1.68. The third-order valence-corrected chi connectivity index (χ3v) is 6.78. The van der Waals surface area contributed by atoms with Crippen LogP contribution in [0.4, 0.5) is 11.4 Å². The standard InChI is InChI=1S/C31H26N4O4/c1-20(29(36)35(21(2)31(38)39)28-16-8-12-23-10-4-6-14-25(23)28)34(30(37)26-19-32-17-18-33-26)27-15-7-11-22-9-3-5-13-24(22)27/h3-21H,1-2H3,(H,38,39)/t20-,21-/m0/s1. The molecule has 1 N–H and O–H groups in total. The van der Waals surface area contributed by atoms with E-state index in [1.807, 2.05) is 66.7 Å². The second-order valence-electron chi connectivity index (χ2n) is 9.16. The molecule has 8 nitrogen and oxygen atoms in total. The van der Waals surface area contributed by atoms with Gasteiger partial charge in [-0.15, -0.1) is 0 Å². The number of carbonyl (C=O) groups is 3. The summed E-state index contributed by atoms with van der Waals surface area (Å²) in [6.07, 6.45) is 4.22. The molecule has 0 fully saturated rings. The summed E-state index contributed by atoms with van der Waals surface area (Å²) in [6, 6.07) is 23.6. The largest absolute Gasteiger partial charge is 0.480 e. The van der Waals surface area contributed by atoms with Crippen molar-refractivity contribution in [1.29, 1.82) is 0 Å². The molecule has 0 unspecified atom stereocenters. The Hall–Kier alpha value is -5.11. The van der Waals surface area contributed by atoms with E-state index in [2.05, 4.69) is 9.97 Å². The van der Waals surface area contributed by atoms with E-state index in [1.165, 1.54) is 35.3 Å². The summed E-state index contributed by atoms with van der Waals surface area (Å²) in [7, 11) is 0. The van der Waals surface area contributed by atoms with Crippen molar-refractivity contribution in [3.05, 3.63) is 109 Å². The maximum absolute atomic E-state index is 14.4. The summed E-state index contributed by atoms with van der Waals surface area (Å²) in [5.41, 5.74) is 1.02. The van der Waals surface area contributed by atoms with Crippen LogP contribution in [0.15, 0.2) is 104 Å². The second-order valence-corrected chi connectivity index (χ2v) is 9.16. The minimum absolute atomic E-state index is 0.0630. The van der Waals surface area contributed by atoms with Crippen LogP contribution in [-0.4, -0.2) is 44.9 Å². The summed E-state index contributed by atoms with van der Waals surface area (Å²) in [4.78, 5) is 51.4. The van der Waals surface area contributed by atoms with Crippen molar-refractivity contribution < 1.29 is 19.5 Å². The topological polar surface area (TPSA) is 104 Å². The van der Waals surface area contributed by atoms with Crippen LogP contribution in [0.5, 0.6) is 0 Å². The highest BCUT2D eigenvalue weighted by atomic mass is 16.4. The number of carbonyl (C=O) groups excluding carboxylic acids is 2. The third-order valence-electron chi connectivity index (χ3n) is 6.78. The molecule has 0 saturated carbocycles. The molecule has 5 aromatic rings. The van der Waals surface area contributed by atoms with Crippen molar-refractivity contribution in [2.75, 3.05) is 9.80 Å². The quantitative estimate of drug-likeness (QED) is 0.313. The number of hydrogen-bond donors (Lipinski definition) is 1. The number of nitrogens with zero attached hydrogens (tertiary/aromatic N) is 4. The number of rotatable bonds is 7. The number of carboxylic acid groups (broad SMARTS) is 1. The fourth-order valence-corrected chi connectivity index (χ4v) is 4.80. The van der Waals surface area contributed by atoms with Crippen molar-refractivity contribution in [2.45, 2.75) is 25.9 Å². The molecule has 0 aliphatic heterocycles. The predicted octanol–water partition coefficient (Wildman–Crippen LogP) is 5.32.